The standard InChI is InChI=1S/C14H11Cl2N3O/c1-20-13-3-2-7(4-10(13)17)14-18-11-5-8(15)9(16)6-12(11)19-14/h2-6H,17H2,1H3,(H,18,19). The molecule has 3 aromatic rings. The molecule has 6 heteroatoms. The number of aromatic amines is 1. The Hall–Kier alpha value is -1.91. The lowest BCUT2D eigenvalue weighted by atomic mass is 10.2. The molecule has 0 saturated heterocycles. The Labute approximate surface area is 125 Å². The zero-order chi connectivity index (χ0) is 14.3. The van der Waals surface area contributed by atoms with Gasteiger partial charge in [0, 0.05) is 5.56 Å². The molecule has 0 radical (unpaired) electrons. The summed E-state index contributed by atoms with van der Waals surface area (Å²) < 4.78 is 5.14. The number of methoxy groups -OCH3 is 1. The number of fused-ring (bicyclic) bond motifs is 1. The van der Waals surface area contributed by atoms with Gasteiger partial charge in [-0.15, -0.1) is 0 Å². The van der Waals surface area contributed by atoms with Gasteiger partial charge < -0.3 is 15.5 Å². The molecule has 0 amide bonds. The predicted octanol–water partition coefficient (Wildman–Crippen LogP) is 4.13. The molecule has 2 aromatic carbocycles. The van der Waals surface area contributed by atoms with Gasteiger partial charge in [0.05, 0.1) is 33.9 Å². The van der Waals surface area contributed by atoms with E-state index in [2.05, 4.69) is 9.97 Å². The second kappa shape index (κ2) is 4.89. The predicted molar refractivity (Wildman–Crippen MR) is 82.5 cm³/mol. The van der Waals surface area contributed by atoms with Crippen LogP contribution in [0.1, 0.15) is 0 Å². The van der Waals surface area contributed by atoms with E-state index in [1.807, 2.05) is 6.07 Å². The number of nitrogens with one attached hydrogen (secondary N) is 1. The third-order valence-corrected chi connectivity index (χ3v) is 3.75. The highest BCUT2D eigenvalue weighted by Crippen LogP contribution is 2.31. The fourth-order valence-corrected chi connectivity index (χ4v) is 2.34. The van der Waals surface area contributed by atoms with E-state index in [0.717, 1.165) is 16.6 Å². The maximum Gasteiger partial charge on any atom is 0.141 e. The molecule has 0 fully saturated rings. The van der Waals surface area contributed by atoms with Crippen molar-refractivity contribution in [3.63, 3.8) is 0 Å². The quantitative estimate of drug-likeness (QED) is 0.700. The molecule has 0 saturated carbocycles. The molecule has 3 N–H and O–H groups in total. The molecule has 0 unspecified atom stereocenters. The van der Waals surface area contributed by atoms with Gasteiger partial charge in [-0.1, -0.05) is 23.2 Å². The number of nitrogens with zero attached hydrogens (tertiary/aromatic N) is 1. The number of hydrogen-bond acceptors (Lipinski definition) is 3. The Morgan fingerprint density at radius 1 is 1.15 bits per heavy atom. The van der Waals surface area contributed by atoms with E-state index in [1.165, 1.54) is 0 Å². The molecule has 0 bridgehead atoms. The van der Waals surface area contributed by atoms with Crippen LogP contribution in [0.5, 0.6) is 5.75 Å². The van der Waals surface area contributed by atoms with E-state index in [0.29, 0.717) is 27.3 Å². The lowest BCUT2D eigenvalue weighted by molar-refractivity contribution is 0.417. The topological polar surface area (TPSA) is 63.9 Å². The summed E-state index contributed by atoms with van der Waals surface area (Å²) in [5.74, 6) is 1.34. The lowest BCUT2D eigenvalue weighted by Crippen LogP contribution is -1.92. The molecule has 20 heavy (non-hydrogen) atoms. The summed E-state index contributed by atoms with van der Waals surface area (Å²) in [5.41, 5.74) is 8.90. The van der Waals surface area contributed by atoms with Gasteiger partial charge in [0.1, 0.15) is 11.6 Å². The van der Waals surface area contributed by atoms with Crippen molar-refractivity contribution in [1.29, 1.82) is 0 Å². The van der Waals surface area contributed by atoms with Gasteiger partial charge in [-0.25, -0.2) is 4.98 Å². The van der Waals surface area contributed by atoms with Crippen LogP contribution in [0.3, 0.4) is 0 Å². The van der Waals surface area contributed by atoms with Gasteiger partial charge >= 0.3 is 0 Å². The Kier molecular flexibility index (Phi) is 3.20. The van der Waals surface area contributed by atoms with Crippen molar-refractivity contribution in [3.05, 3.63) is 40.4 Å². The van der Waals surface area contributed by atoms with Crippen molar-refractivity contribution >= 4 is 39.9 Å². The van der Waals surface area contributed by atoms with Gasteiger partial charge in [-0.05, 0) is 30.3 Å². The zero-order valence-corrected chi connectivity index (χ0v) is 12.1. The van der Waals surface area contributed by atoms with Crippen LogP contribution in [0.25, 0.3) is 22.4 Å². The molecule has 0 atom stereocenters. The number of imidazole rings is 1. The first-order chi connectivity index (χ1) is 9.58. The summed E-state index contributed by atoms with van der Waals surface area (Å²) in [5, 5.41) is 0.968. The summed E-state index contributed by atoms with van der Waals surface area (Å²) in [6, 6.07) is 8.97. The summed E-state index contributed by atoms with van der Waals surface area (Å²) in [7, 11) is 1.58. The Morgan fingerprint density at radius 2 is 1.90 bits per heavy atom. The highest BCUT2D eigenvalue weighted by molar-refractivity contribution is 6.42. The molecule has 3 rings (SSSR count). The fourth-order valence-electron chi connectivity index (χ4n) is 2.02. The van der Waals surface area contributed by atoms with Crippen LogP contribution in [-0.2, 0) is 0 Å². The van der Waals surface area contributed by atoms with E-state index >= 15 is 0 Å². The van der Waals surface area contributed by atoms with Crippen LogP contribution < -0.4 is 10.5 Å². The normalized spacial score (nSPS) is 10.9. The molecular weight excluding hydrogens is 297 g/mol. The molecule has 1 heterocycles. The minimum Gasteiger partial charge on any atom is -0.495 e. The van der Waals surface area contributed by atoms with Crippen molar-refractivity contribution in [1.82, 2.24) is 9.97 Å². The number of nitrogens with two attached hydrogens (primary N) is 1. The molecule has 0 aliphatic carbocycles. The first-order valence-corrected chi connectivity index (χ1v) is 6.62. The van der Waals surface area contributed by atoms with Crippen LogP contribution >= 0.6 is 23.2 Å². The van der Waals surface area contributed by atoms with E-state index in [4.69, 9.17) is 33.7 Å². The molecule has 0 aliphatic heterocycles. The Bertz CT molecular complexity index is 759. The van der Waals surface area contributed by atoms with Gasteiger partial charge in [-0.2, -0.15) is 0 Å². The highest BCUT2D eigenvalue weighted by atomic mass is 35.5. The summed E-state index contributed by atoms with van der Waals surface area (Å²) in [6.07, 6.45) is 0. The van der Waals surface area contributed by atoms with Crippen molar-refractivity contribution in [2.45, 2.75) is 0 Å². The number of halogens is 2. The smallest absolute Gasteiger partial charge is 0.141 e. The van der Waals surface area contributed by atoms with E-state index in [-0.39, 0.29) is 0 Å². The Balaban J connectivity index is 2.12. The molecule has 1 aromatic heterocycles. The van der Waals surface area contributed by atoms with Gasteiger partial charge in [-0.3, -0.25) is 0 Å². The number of H-pyrrole nitrogens is 1. The van der Waals surface area contributed by atoms with Crippen LogP contribution in [0.15, 0.2) is 30.3 Å². The first kappa shape index (κ1) is 13.1. The molecule has 4 nitrogen and oxygen atoms in total. The third-order valence-electron chi connectivity index (χ3n) is 3.03. The first-order valence-electron chi connectivity index (χ1n) is 5.87. The maximum absolute atomic E-state index is 5.99. The average molecular weight is 308 g/mol. The van der Waals surface area contributed by atoms with E-state index in [1.54, 1.807) is 31.4 Å². The number of benzene rings is 2. The molecule has 102 valence electrons. The molecular formula is C14H11Cl2N3O. The number of hydrogen-bond donors (Lipinski definition) is 2. The van der Waals surface area contributed by atoms with Gasteiger partial charge in [0.2, 0.25) is 0 Å². The highest BCUT2D eigenvalue weighted by Gasteiger charge is 2.09. The lowest BCUT2D eigenvalue weighted by Gasteiger charge is -2.05. The molecule has 0 spiro atoms. The van der Waals surface area contributed by atoms with Crippen LogP contribution in [0.2, 0.25) is 10.0 Å². The summed E-state index contributed by atoms with van der Waals surface area (Å²) in [4.78, 5) is 7.68. The number of aromatic nitrogens is 2. The number of ether oxygens (including phenoxy) is 1. The largest absolute Gasteiger partial charge is 0.495 e. The van der Waals surface area contributed by atoms with E-state index in [9.17, 15) is 0 Å². The number of rotatable bonds is 2. The fraction of sp³-hybridized carbons (Fsp3) is 0.0714. The van der Waals surface area contributed by atoms with Crippen molar-refractivity contribution in [3.8, 4) is 17.1 Å². The van der Waals surface area contributed by atoms with Gasteiger partial charge in [0.25, 0.3) is 0 Å². The monoisotopic (exact) mass is 307 g/mol. The second-order valence-electron chi connectivity index (χ2n) is 4.33. The number of nitrogen functional groups attached to an aromatic ring is 1. The third kappa shape index (κ3) is 2.17. The van der Waals surface area contributed by atoms with Crippen LogP contribution in [-0.4, -0.2) is 17.1 Å². The Morgan fingerprint density at radius 3 is 2.60 bits per heavy atom. The molecule has 0 aliphatic rings. The van der Waals surface area contributed by atoms with Crippen LogP contribution in [0, 0.1) is 0 Å². The summed E-state index contributed by atoms with van der Waals surface area (Å²) >= 11 is 12.0. The summed E-state index contributed by atoms with van der Waals surface area (Å²) in [6.45, 7) is 0. The average Bonchev–Trinajstić information content (AvgIpc) is 2.82. The maximum atomic E-state index is 5.99. The minimum absolute atomic E-state index is 0.478. The second-order valence-corrected chi connectivity index (χ2v) is 5.14. The minimum atomic E-state index is 0.478. The van der Waals surface area contributed by atoms with Crippen molar-refractivity contribution in [2.75, 3.05) is 12.8 Å². The van der Waals surface area contributed by atoms with Crippen molar-refractivity contribution in [2.24, 2.45) is 0 Å². The van der Waals surface area contributed by atoms with Gasteiger partial charge in [0.15, 0.2) is 0 Å². The number of anilines is 1. The van der Waals surface area contributed by atoms with Crippen LogP contribution in [0.4, 0.5) is 5.69 Å². The van der Waals surface area contributed by atoms with Crippen molar-refractivity contribution < 1.29 is 4.74 Å². The van der Waals surface area contributed by atoms with E-state index < -0.39 is 0 Å². The SMILES string of the molecule is COc1ccc(-c2nc3cc(Cl)c(Cl)cc3[nH]2)cc1N. The zero-order valence-electron chi connectivity index (χ0n) is 10.6.